The van der Waals surface area contributed by atoms with Crippen LogP contribution in [0.1, 0.15) is 76.4 Å². The molecule has 0 N–H and O–H groups in total. The van der Waals surface area contributed by atoms with Crippen molar-refractivity contribution < 1.29 is 19.1 Å². The highest BCUT2D eigenvalue weighted by molar-refractivity contribution is 6.04. The molecule has 0 aliphatic carbocycles. The highest BCUT2D eigenvalue weighted by Gasteiger charge is 2.47. The molecular weight excluding hydrogens is 380 g/mol. The van der Waals surface area contributed by atoms with Crippen molar-refractivity contribution in [2.75, 3.05) is 6.61 Å². The van der Waals surface area contributed by atoms with Crippen LogP contribution in [0.5, 0.6) is 0 Å². The number of Topliss-reactive ketones (excluding diaryl/α,β-unsaturated/α-hetero) is 1. The number of fused-ring (bicyclic) bond motifs is 1. The molecule has 0 bridgehead atoms. The Morgan fingerprint density at radius 2 is 1.70 bits per heavy atom. The smallest absolute Gasteiger partial charge is 0.339 e. The first-order valence-electron chi connectivity index (χ1n) is 10.3. The summed E-state index contributed by atoms with van der Waals surface area (Å²) in [6, 6.07) is 9.15. The van der Waals surface area contributed by atoms with Crippen molar-refractivity contribution in [1.82, 2.24) is 9.88 Å². The van der Waals surface area contributed by atoms with Gasteiger partial charge in [-0.05, 0) is 45.7 Å². The third-order valence-corrected chi connectivity index (χ3v) is 5.59. The standard InChI is InChI=1S/C24H30N2O4/c1-15(2)20-11-18(17-9-7-8-10-19(17)25-20)22(29)30-14-21(28)26-23(3,4)12-16(27)13-24(26,5)6/h7-11,15H,12-14H2,1-6H3. The monoisotopic (exact) mass is 410 g/mol. The number of likely N-dealkylation sites (tertiary alicyclic amines) is 1. The third kappa shape index (κ3) is 4.23. The minimum atomic E-state index is -0.628. The zero-order valence-electron chi connectivity index (χ0n) is 18.6. The van der Waals surface area contributed by atoms with Crippen molar-refractivity contribution in [3.8, 4) is 0 Å². The third-order valence-electron chi connectivity index (χ3n) is 5.59. The van der Waals surface area contributed by atoms with Gasteiger partial charge in [0, 0.05) is 35.0 Å². The van der Waals surface area contributed by atoms with Crippen LogP contribution in [-0.2, 0) is 14.3 Å². The number of ether oxygens (including phenoxy) is 1. The normalized spacial score (nSPS) is 18.0. The quantitative estimate of drug-likeness (QED) is 0.704. The molecule has 0 atom stereocenters. The number of para-hydroxylation sites is 1. The Hall–Kier alpha value is -2.76. The molecule has 0 saturated carbocycles. The number of carbonyl (C=O) groups excluding carboxylic acids is 3. The zero-order valence-corrected chi connectivity index (χ0v) is 18.6. The molecule has 0 unspecified atom stereocenters. The highest BCUT2D eigenvalue weighted by atomic mass is 16.5. The molecule has 30 heavy (non-hydrogen) atoms. The van der Waals surface area contributed by atoms with E-state index in [-0.39, 0.29) is 24.2 Å². The lowest BCUT2D eigenvalue weighted by Gasteiger charge is -2.51. The van der Waals surface area contributed by atoms with Gasteiger partial charge in [-0.25, -0.2) is 4.79 Å². The van der Waals surface area contributed by atoms with Gasteiger partial charge in [0.2, 0.25) is 0 Å². The molecule has 1 aromatic heterocycles. The van der Waals surface area contributed by atoms with E-state index < -0.39 is 17.0 Å². The summed E-state index contributed by atoms with van der Waals surface area (Å²) in [5.41, 5.74) is 0.666. The largest absolute Gasteiger partial charge is 0.452 e. The molecule has 2 heterocycles. The minimum Gasteiger partial charge on any atom is -0.452 e. The minimum absolute atomic E-state index is 0.135. The van der Waals surface area contributed by atoms with Crippen molar-refractivity contribution in [2.45, 2.75) is 71.4 Å². The van der Waals surface area contributed by atoms with Crippen molar-refractivity contribution in [2.24, 2.45) is 0 Å². The summed E-state index contributed by atoms with van der Waals surface area (Å²) in [7, 11) is 0. The maximum absolute atomic E-state index is 13.0. The molecule has 1 fully saturated rings. The van der Waals surface area contributed by atoms with E-state index in [0.29, 0.717) is 23.8 Å². The van der Waals surface area contributed by atoms with Crippen LogP contribution in [0.15, 0.2) is 30.3 Å². The predicted octanol–water partition coefficient (Wildman–Crippen LogP) is 4.26. The summed E-state index contributed by atoms with van der Waals surface area (Å²) in [5, 5.41) is 0.698. The van der Waals surface area contributed by atoms with Gasteiger partial charge in [0.05, 0.1) is 11.1 Å². The average molecular weight is 411 g/mol. The molecule has 0 spiro atoms. The van der Waals surface area contributed by atoms with Crippen LogP contribution in [0.2, 0.25) is 0 Å². The molecule has 1 saturated heterocycles. The fourth-order valence-electron chi connectivity index (χ4n) is 4.61. The lowest BCUT2D eigenvalue weighted by molar-refractivity contribution is -0.156. The van der Waals surface area contributed by atoms with E-state index in [4.69, 9.17) is 4.74 Å². The van der Waals surface area contributed by atoms with E-state index in [0.717, 1.165) is 11.2 Å². The van der Waals surface area contributed by atoms with E-state index in [9.17, 15) is 14.4 Å². The van der Waals surface area contributed by atoms with Crippen LogP contribution in [0.3, 0.4) is 0 Å². The van der Waals surface area contributed by atoms with Crippen molar-refractivity contribution in [3.05, 3.63) is 41.6 Å². The van der Waals surface area contributed by atoms with Gasteiger partial charge in [0.1, 0.15) is 5.78 Å². The van der Waals surface area contributed by atoms with Gasteiger partial charge in [0.15, 0.2) is 6.61 Å². The van der Waals surface area contributed by atoms with E-state index >= 15 is 0 Å². The maximum atomic E-state index is 13.0. The van der Waals surface area contributed by atoms with Gasteiger partial charge in [0.25, 0.3) is 5.91 Å². The number of piperidine rings is 1. The summed E-state index contributed by atoms with van der Waals surface area (Å²) >= 11 is 0. The number of aromatic nitrogens is 1. The van der Waals surface area contributed by atoms with Crippen LogP contribution < -0.4 is 0 Å². The van der Waals surface area contributed by atoms with Crippen molar-refractivity contribution in [3.63, 3.8) is 0 Å². The van der Waals surface area contributed by atoms with E-state index in [1.54, 1.807) is 11.0 Å². The lowest BCUT2D eigenvalue weighted by atomic mass is 9.79. The molecule has 1 aromatic carbocycles. The number of amides is 1. The second-order valence-electron chi connectivity index (χ2n) is 9.59. The first kappa shape index (κ1) is 21.9. The molecule has 6 heteroatoms. The molecule has 6 nitrogen and oxygen atoms in total. The van der Waals surface area contributed by atoms with Crippen molar-refractivity contribution >= 4 is 28.6 Å². The number of hydrogen-bond acceptors (Lipinski definition) is 5. The van der Waals surface area contributed by atoms with Crippen LogP contribution in [0.4, 0.5) is 0 Å². The van der Waals surface area contributed by atoms with Gasteiger partial charge < -0.3 is 9.64 Å². The highest BCUT2D eigenvalue weighted by Crippen LogP contribution is 2.36. The number of carbonyl (C=O) groups is 3. The first-order valence-corrected chi connectivity index (χ1v) is 10.3. The molecular formula is C24H30N2O4. The topological polar surface area (TPSA) is 76.6 Å². The van der Waals surface area contributed by atoms with Gasteiger partial charge in [-0.15, -0.1) is 0 Å². The Bertz CT molecular complexity index is 987. The Labute approximate surface area is 177 Å². The van der Waals surface area contributed by atoms with E-state index in [1.165, 1.54) is 0 Å². The SMILES string of the molecule is CC(C)c1cc(C(=O)OCC(=O)N2C(C)(C)CC(=O)CC2(C)C)c2ccccc2n1. The van der Waals surface area contributed by atoms with Crippen LogP contribution in [0.25, 0.3) is 10.9 Å². The fraction of sp³-hybridized carbons (Fsp3) is 0.500. The summed E-state index contributed by atoms with van der Waals surface area (Å²) in [4.78, 5) is 44.4. The zero-order chi connectivity index (χ0) is 22.3. The number of benzene rings is 1. The van der Waals surface area contributed by atoms with Crippen molar-refractivity contribution in [1.29, 1.82) is 0 Å². The summed E-state index contributed by atoms with van der Waals surface area (Å²) in [6.07, 6.45) is 0.589. The molecule has 1 aliphatic rings. The summed E-state index contributed by atoms with van der Waals surface area (Å²) < 4.78 is 5.46. The molecule has 3 rings (SSSR count). The number of nitrogens with zero attached hydrogens (tertiary/aromatic N) is 2. The van der Waals surface area contributed by atoms with Crippen LogP contribution in [-0.4, -0.2) is 45.2 Å². The Morgan fingerprint density at radius 1 is 1.10 bits per heavy atom. The number of ketones is 1. The number of hydrogen-bond donors (Lipinski definition) is 0. The first-order chi connectivity index (χ1) is 13.9. The molecule has 1 amide bonds. The van der Waals surface area contributed by atoms with E-state index in [2.05, 4.69) is 4.98 Å². The second-order valence-corrected chi connectivity index (χ2v) is 9.59. The predicted molar refractivity (Wildman–Crippen MR) is 115 cm³/mol. The molecule has 2 aromatic rings. The van der Waals surface area contributed by atoms with Crippen LogP contribution >= 0.6 is 0 Å². The summed E-state index contributed by atoms with van der Waals surface area (Å²) in [6.45, 7) is 11.1. The van der Waals surface area contributed by atoms with Gasteiger partial charge in [-0.1, -0.05) is 32.0 Å². The van der Waals surface area contributed by atoms with Gasteiger partial charge in [-0.2, -0.15) is 0 Å². The second kappa shape index (κ2) is 7.82. The van der Waals surface area contributed by atoms with Gasteiger partial charge in [-0.3, -0.25) is 14.6 Å². The fourth-order valence-corrected chi connectivity index (χ4v) is 4.61. The average Bonchev–Trinajstić information content (AvgIpc) is 2.62. The maximum Gasteiger partial charge on any atom is 0.339 e. The Kier molecular flexibility index (Phi) is 5.72. The van der Waals surface area contributed by atoms with E-state index in [1.807, 2.05) is 65.8 Å². The molecule has 0 radical (unpaired) electrons. The molecule has 160 valence electrons. The molecule has 1 aliphatic heterocycles. The lowest BCUT2D eigenvalue weighted by Crippen LogP contribution is -2.63. The number of pyridine rings is 1. The Morgan fingerprint density at radius 3 is 2.30 bits per heavy atom. The Balaban J connectivity index is 1.84. The summed E-state index contributed by atoms with van der Waals surface area (Å²) in [5.74, 6) is -0.563. The number of rotatable bonds is 4. The van der Waals surface area contributed by atoms with Crippen LogP contribution in [0, 0.1) is 0 Å². The van der Waals surface area contributed by atoms with Gasteiger partial charge >= 0.3 is 5.97 Å². The number of esters is 1.